The zero-order valence-electron chi connectivity index (χ0n) is 5.98. The van der Waals surface area contributed by atoms with Gasteiger partial charge in [0, 0.05) is 6.92 Å². The van der Waals surface area contributed by atoms with Crippen LogP contribution in [0.15, 0.2) is 0 Å². The van der Waals surface area contributed by atoms with Crippen molar-refractivity contribution in [2.45, 2.75) is 38.2 Å². The minimum Gasteiger partial charge on any atom is -0.387 e. The van der Waals surface area contributed by atoms with E-state index in [0.29, 0.717) is 5.92 Å². The summed E-state index contributed by atoms with van der Waals surface area (Å²) in [4.78, 5) is 0. The summed E-state index contributed by atoms with van der Waals surface area (Å²) in [7, 11) is 0. The maximum atomic E-state index is 12.3. The van der Waals surface area contributed by atoms with Crippen LogP contribution in [0.3, 0.4) is 0 Å². The van der Waals surface area contributed by atoms with Crippen LogP contribution in [0.5, 0.6) is 0 Å². The average molecular weight is 150 g/mol. The number of alkyl halides is 2. The van der Waals surface area contributed by atoms with Gasteiger partial charge in [-0.3, -0.25) is 0 Å². The van der Waals surface area contributed by atoms with Gasteiger partial charge in [0.2, 0.25) is 0 Å². The standard InChI is InChI=1S/C7H12F2O/c1-7(8,9)6(10)4-5-2-3-5/h5-6,10H,2-4H2,1H3. The maximum Gasteiger partial charge on any atom is 0.270 e. The van der Waals surface area contributed by atoms with Crippen LogP contribution in [-0.4, -0.2) is 17.1 Å². The van der Waals surface area contributed by atoms with Crippen molar-refractivity contribution in [1.82, 2.24) is 0 Å². The lowest BCUT2D eigenvalue weighted by atomic mass is 10.1. The number of aliphatic hydroxyl groups is 1. The van der Waals surface area contributed by atoms with Crippen molar-refractivity contribution in [3.63, 3.8) is 0 Å². The van der Waals surface area contributed by atoms with Crippen LogP contribution in [0.2, 0.25) is 0 Å². The van der Waals surface area contributed by atoms with Gasteiger partial charge in [-0.05, 0) is 12.3 Å². The van der Waals surface area contributed by atoms with Crippen molar-refractivity contribution < 1.29 is 13.9 Å². The Hall–Kier alpha value is -0.180. The maximum absolute atomic E-state index is 12.3. The van der Waals surface area contributed by atoms with Crippen molar-refractivity contribution >= 4 is 0 Å². The summed E-state index contributed by atoms with van der Waals surface area (Å²) in [5.41, 5.74) is 0. The SMILES string of the molecule is CC(F)(F)C(O)CC1CC1. The smallest absolute Gasteiger partial charge is 0.270 e. The summed E-state index contributed by atoms with van der Waals surface area (Å²) in [5, 5.41) is 8.85. The molecule has 1 nitrogen and oxygen atoms in total. The number of halogens is 2. The minimum absolute atomic E-state index is 0.267. The summed E-state index contributed by atoms with van der Waals surface area (Å²) in [6.45, 7) is 0.764. The Bertz CT molecular complexity index is 115. The van der Waals surface area contributed by atoms with Crippen LogP contribution < -0.4 is 0 Å². The van der Waals surface area contributed by atoms with E-state index in [1.165, 1.54) is 0 Å². The van der Waals surface area contributed by atoms with E-state index in [2.05, 4.69) is 0 Å². The molecule has 3 heteroatoms. The van der Waals surface area contributed by atoms with E-state index in [-0.39, 0.29) is 6.42 Å². The van der Waals surface area contributed by atoms with E-state index in [4.69, 9.17) is 5.11 Å². The number of aliphatic hydroxyl groups excluding tert-OH is 1. The summed E-state index contributed by atoms with van der Waals surface area (Å²) >= 11 is 0. The third-order valence-electron chi connectivity index (χ3n) is 1.84. The molecule has 0 heterocycles. The minimum atomic E-state index is -2.91. The van der Waals surface area contributed by atoms with Crippen molar-refractivity contribution in [2.24, 2.45) is 5.92 Å². The summed E-state index contributed by atoms with van der Waals surface area (Å²) in [5.74, 6) is -2.55. The van der Waals surface area contributed by atoms with Gasteiger partial charge in [-0.1, -0.05) is 12.8 Å². The van der Waals surface area contributed by atoms with Crippen molar-refractivity contribution in [1.29, 1.82) is 0 Å². The molecule has 0 amide bonds. The number of hydrogen-bond acceptors (Lipinski definition) is 1. The summed E-state index contributed by atoms with van der Waals surface area (Å²) in [6, 6.07) is 0. The van der Waals surface area contributed by atoms with E-state index in [1.807, 2.05) is 0 Å². The number of rotatable bonds is 3. The second-order valence-electron chi connectivity index (χ2n) is 3.15. The highest BCUT2D eigenvalue weighted by molar-refractivity contribution is 4.81. The summed E-state index contributed by atoms with van der Waals surface area (Å²) in [6.07, 6.45) is 0.851. The first-order chi connectivity index (χ1) is 4.50. The highest BCUT2D eigenvalue weighted by Crippen LogP contribution is 2.36. The molecule has 0 aliphatic heterocycles. The molecule has 1 aliphatic carbocycles. The van der Waals surface area contributed by atoms with Gasteiger partial charge in [0.1, 0.15) is 6.10 Å². The zero-order chi connectivity index (χ0) is 7.78. The lowest BCUT2D eigenvalue weighted by molar-refractivity contribution is -0.0978. The van der Waals surface area contributed by atoms with Gasteiger partial charge >= 0.3 is 0 Å². The largest absolute Gasteiger partial charge is 0.387 e. The second-order valence-corrected chi connectivity index (χ2v) is 3.15. The molecule has 10 heavy (non-hydrogen) atoms. The molecule has 1 fully saturated rings. The Morgan fingerprint density at radius 1 is 1.60 bits per heavy atom. The van der Waals surface area contributed by atoms with Gasteiger partial charge in [-0.25, -0.2) is 8.78 Å². The Morgan fingerprint density at radius 3 is 2.40 bits per heavy atom. The fraction of sp³-hybridized carbons (Fsp3) is 1.00. The zero-order valence-corrected chi connectivity index (χ0v) is 5.98. The lowest BCUT2D eigenvalue weighted by Crippen LogP contribution is -2.30. The molecule has 0 aromatic heterocycles. The molecule has 1 unspecified atom stereocenters. The van der Waals surface area contributed by atoms with Gasteiger partial charge in [-0.15, -0.1) is 0 Å². The summed E-state index contributed by atoms with van der Waals surface area (Å²) < 4.78 is 24.5. The molecule has 0 aromatic rings. The van der Waals surface area contributed by atoms with Crippen molar-refractivity contribution in [3.8, 4) is 0 Å². The highest BCUT2D eigenvalue weighted by Gasteiger charge is 2.36. The molecule has 1 aliphatic rings. The normalized spacial score (nSPS) is 22.8. The third kappa shape index (κ3) is 2.21. The van der Waals surface area contributed by atoms with Crippen LogP contribution in [0.25, 0.3) is 0 Å². The molecule has 0 bridgehead atoms. The van der Waals surface area contributed by atoms with Crippen molar-refractivity contribution in [3.05, 3.63) is 0 Å². The van der Waals surface area contributed by atoms with E-state index >= 15 is 0 Å². The van der Waals surface area contributed by atoms with Crippen molar-refractivity contribution in [2.75, 3.05) is 0 Å². The molecule has 1 saturated carbocycles. The molecule has 0 aromatic carbocycles. The molecule has 1 atom stereocenters. The average Bonchev–Trinajstić information content (AvgIpc) is 2.47. The van der Waals surface area contributed by atoms with Crippen LogP contribution >= 0.6 is 0 Å². The van der Waals surface area contributed by atoms with Crippen LogP contribution in [0, 0.1) is 5.92 Å². The topological polar surface area (TPSA) is 20.2 Å². The molecule has 1 N–H and O–H groups in total. The van der Waals surface area contributed by atoms with E-state index in [9.17, 15) is 8.78 Å². The van der Waals surface area contributed by atoms with Crippen LogP contribution in [0.4, 0.5) is 8.78 Å². The molecule has 1 rings (SSSR count). The highest BCUT2D eigenvalue weighted by atomic mass is 19.3. The predicted molar refractivity (Wildman–Crippen MR) is 34.0 cm³/mol. The predicted octanol–water partition coefficient (Wildman–Crippen LogP) is 1.80. The monoisotopic (exact) mass is 150 g/mol. The lowest BCUT2D eigenvalue weighted by Gasteiger charge is -2.17. The quantitative estimate of drug-likeness (QED) is 0.650. The Kier molecular flexibility index (Phi) is 1.95. The first-order valence-corrected chi connectivity index (χ1v) is 3.56. The third-order valence-corrected chi connectivity index (χ3v) is 1.84. The first-order valence-electron chi connectivity index (χ1n) is 3.56. The van der Waals surface area contributed by atoms with E-state index in [1.54, 1.807) is 0 Å². The molecule has 60 valence electrons. The fourth-order valence-electron chi connectivity index (χ4n) is 0.876. The number of hydrogen-bond donors (Lipinski definition) is 1. The van der Waals surface area contributed by atoms with E-state index in [0.717, 1.165) is 19.8 Å². The molecular formula is C7H12F2O. The van der Waals surface area contributed by atoms with Gasteiger partial charge in [0.15, 0.2) is 0 Å². The molecule has 0 radical (unpaired) electrons. The Morgan fingerprint density at radius 2 is 2.10 bits per heavy atom. The first kappa shape index (κ1) is 7.92. The second kappa shape index (κ2) is 2.46. The van der Waals surface area contributed by atoms with Gasteiger partial charge in [0.05, 0.1) is 0 Å². The van der Waals surface area contributed by atoms with Crippen LogP contribution in [-0.2, 0) is 0 Å². The molecular weight excluding hydrogens is 138 g/mol. The molecule has 0 spiro atoms. The molecule has 0 saturated heterocycles. The van der Waals surface area contributed by atoms with Gasteiger partial charge in [-0.2, -0.15) is 0 Å². The van der Waals surface area contributed by atoms with Gasteiger partial charge in [0.25, 0.3) is 5.92 Å². The Balaban J connectivity index is 2.25. The van der Waals surface area contributed by atoms with E-state index < -0.39 is 12.0 Å². The Labute approximate surface area is 59.0 Å². The fourth-order valence-corrected chi connectivity index (χ4v) is 0.876. The van der Waals surface area contributed by atoms with Crippen LogP contribution in [0.1, 0.15) is 26.2 Å². The van der Waals surface area contributed by atoms with Gasteiger partial charge < -0.3 is 5.11 Å².